The molecule has 0 atom stereocenters. The molecule has 1 aromatic carbocycles. The maximum atomic E-state index is 5.27. The molecule has 0 saturated heterocycles. The van der Waals surface area contributed by atoms with Gasteiger partial charge in [-0.1, -0.05) is 115 Å². The second-order valence-corrected chi connectivity index (χ2v) is 9.66. The number of aromatic amines is 1. The van der Waals surface area contributed by atoms with Crippen molar-refractivity contribution in [2.45, 2.75) is 115 Å². The van der Waals surface area contributed by atoms with Gasteiger partial charge >= 0.3 is 0 Å². The third kappa shape index (κ3) is 10.7. The molecule has 0 radical (unpaired) electrons. The van der Waals surface area contributed by atoms with Crippen molar-refractivity contribution in [1.29, 1.82) is 0 Å². The maximum absolute atomic E-state index is 5.27. The molecule has 1 aromatic heterocycles. The number of thioether (sulfide) groups is 1. The fourth-order valence-electron chi connectivity index (χ4n) is 3.98. The first-order chi connectivity index (χ1) is 14.8. The second-order valence-electron chi connectivity index (χ2n) is 8.58. The molecule has 3 nitrogen and oxygen atoms in total. The van der Waals surface area contributed by atoms with Crippen LogP contribution in [0.1, 0.15) is 110 Å². The van der Waals surface area contributed by atoms with Crippen LogP contribution < -0.4 is 4.74 Å². The van der Waals surface area contributed by atoms with Crippen LogP contribution in [0.25, 0.3) is 11.0 Å². The Hall–Kier alpha value is -1.16. The standard InChI is InChI=1S/C26H44N2OS/c1-3-4-5-6-7-8-9-10-11-12-13-14-15-16-17-18-21-30-26-27-24-20-19-23(29-2)22-25(24)28-26/h19-20,22H,3-18,21H2,1-2H3,(H,27,28). The number of fused-ring (bicyclic) bond motifs is 1. The highest BCUT2D eigenvalue weighted by molar-refractivity contribution is 7.99. The summed E-state index contributed by atoms with van der Waals surface area (Å²) in [5.41, 5.74) is 2.08. The molecule has 0 aliphatic carbocycles. The average Bonchev–Trinajstić information content (AvgIpc) is 3.17. The molecule has 0 aliphatic heterocycles. The molecule has 1 N–H and O–H groups in total. The number of nitrogens with one attached hydrogen (secondary N) is 1. The Labute approximate surface area is 189 Å². The molecule has 4 heteroatoms. The highest BCUT2D eigenvalue weighted by Gasteiger charge is 2.04. The van der Waals surface area contributed by atoms with Crippen molar-refractivity contribution in [2.24, 2.45) is 0 Å². The summed E-state index contributed by atoms with van der Waals surface area (Å²) in [6, 6.07) is 6.01. The fraction of sp³-hybridized carbons (Fsp3) is 0.731. The molecule has 2 rings (SSSR count). The van der Waals surface area contributed by atoms with Crippen LogP contribution in [0.2, 0.25) is 0 Å². The van der Waals surface area contributed by atoms with Crippen LogP contribution in [-0.4, -0.2) is 22.8 Å². The van der Waals surface area contributed by atoms with Crippen LogP contribution in [0.4, 0.5) is 0 Å². The van der Waals surface area contributed by atoms with Crippen LogP contribution in [-0.2, 0) is 0 Å². The highest BCUT2D eigenvalue weighted by atomic mass is 32.2. The Morgan fingerprint density at radius 1 is 0.767 bits per heavy atom. The van der Waals surface area contributed by atoms with E-state index < -0.39 is 0 Å². The van der Waals surface area contributed by atoms with E-state index in [1.54, 1.807) is 7.11 Å². The van der Waals surface area contributed by atoms with Gasteiger partial charge in [-0.05, 0) is 18.6 Å². The summed E-state index contributed by atoms with van der Waals surface area (Å²) in [4.78, 5) is 8.06. The maximum Gasteiger partial charge on any atom is 0.166 e. The second kappa shape index (κ2) is 16.5. The molecule has 0 amide bonds. The summed E-state index contributed by atoms with van der Waals surface area (Å²) in [6.07, 6.45) is 22.7. The predicted molar refractivity (Wildman–Crippen MR) is 133 cm³/mol. The number of rotatable bonds is 19. The monoisotopic (exact) mass is 432 g/mol. The van der Waals surface area contributed by atoms with Crippen LogP contribution in [0.5, 0.6) is 5.75 Å². The van der Waals surface area contributed by atoms with E-state index in [0.717, 1.165) is 27.7 Å². The van der Waals surface area contributed by atoms with Crippen LogP contribution in [0, 0.1) is 0 Å². The molecule has 0 bridgehead atoms. The molecular formula is C26H44N2OS. The average molecular weight is 433 g/mol. The first kappa shape index (κ1) is 25.1. The Morgan fingerprint density at radius 3 is 1.83 bits per heavy atom. The van der Waals surface area contributed by atoms with Crippen LogP contribution in [0.3, 0.4) is 0 Å². The third-order valence-corrected chi connectivity index (χ3v) is 6.86. The summed E-state index contributed by atoms with van der Waals surface area (Å²) < 4.78 is 5.27. The smallest absolute Gasteiger partial charge is 0.166 e. The van der Waals surface area contributed by atoms with E-state index in [-0.39, 0.29) is 0 Å². The Morgan fingerprint density at radius 2 is 1.30 bits per heavy atom. The number of nitrogens with zero attached hydrogens (tertiary/aromatic N) is 1. The zero-order valence-electron chi connectivity index (χ0n) is 19.5. The number of methoxy groups -OCH3 is 1. The molecule has 0 spiro atoms. The molecule has 0 aliphatic rings. The van der Waals surface area contributed by atoms with Crippen molar-refractivity contribution in [3.8, 4) is 5.75 Å². The summed E-state index contributed by atoms with van der Waals surface area (Å²) in [5.74, 6) is 2.01. The van der Waals surface area contributed by atoms with E-state index in [1.165, 1.54) is 103 Å². The minimum Gasteiger partial charge on any atom is -0.497 e. The Kier molecular flexibility index (Phi) is 13.8. The number of benzene rings is 1. The van der Waals surface area contributed by atoms with Gasteiger partial charge in [0.15, 0.2) is 5.16 Å². The lowest BCUT2D eigenvalue weighted by Gasteiger charge is -2.03. The van der Waals surface area contributed by atoms with Gasteiger partial charge < -0.3 is 9.72 Å². The minimum atomic E-state index is 0.864. The quantitative estimate of drug-likeness (QED) is 0.178. The summed E-state index contributed by atoms with van der Waals surface area (Å²) in [5, 5.41) is 1.03. The number of ether oxygens (including phenoxy) is 1. The third-order valence-electron chi connectivity index (χ3n) is 5.91. The van der Waals surface area contributed by atoms with Gasteiger partial charge in [-0.25, -0.2) is 4.98 Å². The number of imidazole rings is 1. The summed E-state index contributed by atoms with van der Waals surface area (Å²) in [7, 11) is 1.70. The predicted octanol–water partition coefficient (Wildman–Crippen LogP) is 8.93. The first-order valence-electron chi connectivity index (χ1n) is 12.5. The lowest BCUT2D eigenvalue weighted by atomic mass is 10.0. The highest BCUT2D eigenvalue weighted by Crippen LogP contribution is 2.24. The molecule has 30 heavy (non-hydrogen) atoms. The number of aromatic nitrogens is 2. The van der Waals surface area contributed by atoms with Gasteiger partial charge in [0.2, 0.25) is 0 Å². The van der Waals surface area contributed by atoms with E-state index in [4.69, 9.17) is 4.74 Å². The lowest BCUT2D eigenvalue weighted by Crippen LogP contribution is -1.85. The van der Waals surface area contributed by atoms with Gasteiger partial charge in [0.05, 0.1) is 18.1 Å². The fourth-order valence-corrected chi connectivity index (χ4v) is 4.86. The largest absolute Gasteiger partial charge is 0.497 e. The van der Waals surface area contributed by atoms with Crippen molar-refractivity contribution in [3.05, 3.63) is 18.2 Å². The Balaban J connectivity index is 1.35. The zero-order chi connectivity index (χ0) is 21.3. The van der Waals surface area contributed by atoms with E-state index in [2.05, 4.69) is 16.9 Å². The molecule has 0 unspecified atom stereocenters. The SMILES string of the molecule is CCCCCCCCCCCCCCCCCCSc1nc2cc(OC)ccc2[nH]1. The van der Waals surface area contributed by atoms with Crippen molar-refractivity contribution in [2.75, 3.05) is 12.9 Å². The van der Waals surface area contributed by atoms with Crippen molar-refractivity contribution < 1.29 is 4.74 Å². The van der Waals surface area contributed by atoms with Crippen LogP contribution in [0.15, 0.2) is 23.4 Å². The molecule has 0 saturated carbocycles. The van der Waals surface area contributed by atoms with Crippen molar-refractivity contribution in [1.82, 2.24) is 9.97 Å². The zero-order valence-corrected chi connectivity index (χ0v) is 20.3. The van der Waals surface area contributed by atoms with Gasteiger partial charge in [0.1, 0.15) is 5.75 Å². The Bertz CT molecular complexity index is 670. The van der Waals surface area contributed by atoms with Crippen molar-refractivity contribution >= 4 is 22.8 Å². The number of H-pyrrole nitrogens is 1. The number of unbranched alkanes of at least 4 members (excludes halogenated alkanes) is 15. The van der Waals surface area contributed by atoms with E-state index >= 15 is 0 Å². The molecule has 170 valence electrons. The van der Waals surface area contributed by atoms with Gasteiger partial charge in [-0.15, -0.1) is 0 Å². The van der Waals surface area contributed by atoms with E-state index in [9.17, 15) is 0 Å². The first-order valence-corrected chi connectivity index (χ1v) is 13.5. The minimum absolute atomic E-state index is 0.864. The molecule has 0 fully saturated rings. The van der Waals surface area contributed by atoms with Gasteiger partial charge in [0, 0.05) is 11.8 Å². The normalized spacial score (nSPS) is 11.4. The van der Waals surface area contributed by atoms with E-state index in [1.807, 2.05) is 30.0 Å². The number of hydrogen-bond acceptors (Lipinski definition) is 3. The van der Waals surface area contributed by atoms with Crippen molar-refractivity contribution in [3.63, 3.8) is 0 Å². The van der Waals surface area contributed by atoms with E-state index in [0.29, 0.717) is 0 Å². The van der Waals surface area contributed by atoms with Gasteiger partial charge in [-0.2, -0.15) is 0 Å². The summed E-state index contributed by atoms with van der Waals surface area (Å²) in [6.45, 7) is 2.29. The van der Waals surface area contributed by atoms with Gasteiger partial charge in [0.25, 0.3) is 0 Å². The molecular weight excluding hydrogens is 388 g/mol. The lowest BCUT2D eigenvalue weighted by molar-refractivity contribution is 0.415. The molecule has 1 heterocycles. The summed E-state index contributed by atoms with van der Waals surface area (Å²) >= 11 is 1.84. The number of hydrogen-bond donors (Lipinski definition) is 1. The topological polar surface area (TPSA) is 37.9 Å². The van der Waals surface area contributed by atoms with Crippen LogP contribution >= 0.6 is 11.8 Å². The van der Waals surface area contributed by atoms with Gasteiger partial charge in [-0.3, -0.25) is 0 Å². The molecule has 2 aromatic rings.